The molecule has 1 aromatic carbocycles. The van der Waals surface area contributed by atoms with E-state index >= 15 is 0 Å². The van der Waals surface area contributed by atoms with Crippen molar-refractivity contribution in [2.24, 2.45) is 27.8 Å². The molecule has 0 aliphatic carbocycles. The van der Waals surface area contributed by atoms with Crippen molar-refractivity contribution in [3.63, 3.8) is 0 Å². The van der Waals surface area contributed by atoms with E-state index in [1.54, 1.807) is 32.9 Å². The van der Waals surface area contributed by atoms with Crippen LogP contribution in [-0.4, -0.2) is 120 Å². The number of hydrogen-bond donors (Lipinski definition) is 7. The van der Waals surface area contributed by atoms with Gasteiger partial charge in [0.1, 0.15) is 29.9 Å². The smallest absolute Gasteiger partial charge is 0.326 e. The number of benzene rings is 1. The first-order valence-corrected chi connectivity index (χ1v) is 17.3. The summed E-state index contributed by atoms with van der Waals surface area (Å²) in [5.74, 6) is -3.57. The lowest BCUT2D eigenvalue weighted by atomic mass is 9.86. The molecule has 1 saturated heterocycles. The summed E-state index contributed by atoms with van der Waals surface area (Å²) in [6, 6.07) is 1.83. The number of aliphatic imine (C=N–C) groups is 1. The maximum Gasteiger partial charge on any atom is 0.326 e. The zero-order chi connectivity index (χ0) is 37.8. The van der Waals surface area contributed by atoms with Crippen molar-refractivity contribution in [2.75, 3.05) is 40.8 Å². The van der Waals surface area contributed by atoms with Crippen LogP contribution in [0.15, 0.2) is 29.3 Å². The number of aliphatic carboxylic acids is 1. The number of guanidine groups is 1. The minimum Gasteiger partial charge on any atom is -0.508 e. The SMILES string of the molecule is C[C@@H](CCC[N+](C)(C)C)C(=O)N[C@@H](CCCN=C(N)N)C(=O)N1CCC[C@H]1C(=O)N[C@@H](Cc1ccc(O)cc1)C(=O)N[C@H](C(=O)O)C(C)(C)C. The number of hydrogen-bond acceptors (Lipinski definition) is 7. The Hall–Kier alpha value is -4.40. The number of nitrogens with one attached hydrogen (secondary N) is 3. The molecule has 1 heterocycles. The van der Waals surface area contributed by atoms with Crippen molar-refractivity contribution in [3.05, 3.63) is 29.8 Å². The number of carboxylic acids is 1. The van der Waals surface area contributed by atoms with Gasteiger partial charge >= 0.3 is 5.97 Å². The zero-order valence-electron chi connectivity index (χ0n) is 30.7. The summed E-state index contributed by atoms with van der Waals surface area (Å²) >= 11 is 0. The third kappa shape index (κ3) is 13.8. The van der Waals surface area contributed by atoms with E-state index in [1.807, 2.05) is 6.92 Å². The number of quaternary nitrogens is 1. The maximum atomic E-state index is 14.0. The van der Waals surface area contributed by atoms with E-state index in [1.165, 1.54) is 17.0 Å². The Labute approximate surface area is 295 Å². The molecule has 15 heteroatoms. The first-order valence-electron chi connectivity index (χ1n) is 17.3. The van der Waals surface area contributed by atoms with Crippen LogP contribution in [0.25, 0.3) is 0 Å². The van der Waals surface area contributed by atoms with Crippen LogP contribution < -0.4 is 27.4 Å². The van der Waals surface area contributed by atoms with Crippen LogP contribution in [0.2, 0.25) is 0 Å². The Bertz CT molecular complexity index is 1350. The molecule has 0 spiro atoms. The summed E-state index contributed by atoms with van der Waals surface area (Å²) in [5.41, 5.74) is 10.7. The molecule has 1 aliphatic heterocycles. The van der Waals surface area contributed by atoms with E-state index in [-0.39, 0.29) is 49.5 Å². The van der Waals surface area contributed by atoms with Gasteiger partial charge in [-0.2, -0.15) is 0 Å². The number of rotatable bonds is 18. The molecule has 5 atom stereocenters. The molecule has 280 valence electrons. The van der Waals surface area contributed by atoms with Gasteiger partial charge in [-0.25, -0.2) is 4.79 Å². The average molecular weight is 704 g/mol. The van der Waals surface area contributed by atoms with Crippen LogP contribution >= 0.6 is 0 Å². The van der Waals surface area contributed by atoms with E-state index in [4.69, 9.17) is 11.5 Å². The summed E-state index contributed by atoms with van der Waals surface area (Å²) in [4.78, 5) is 72.2. The van der Waals surface area contributed by atoms with Crippen molar-refractivity contribution in [2.45, 2.75) is 96.8 Å². The van der Waals surface area contributed by atoms with Gasteiger partial charge in [-0.15, -0.1) is 0 Å². The maximum absolute atomic E-state index is 14.0. The largest absolute Gasteiger partial charge is 0.508 e. The molecule has 4 amide bonds. The fourth-order valence-corrected chi connectivity index (χ4v) is 5.82. The first kappa shape index (κ1) is 41.8. The Morgan fingerprint density at radius 1 is 0.960 bits per heavy atom. The van der Waals surface area contributed by atoms with E-state index in [9.17, 15) is 34.2 Å². The predicted octanol–water partition coefficient (Wildman–Crippen LogP) is 0.687. The summed E-state index contributed by atoms with van der Waals surface area (Å²) in [7, 11) is 6.25. The molecule has 0 unspecified atom stereocenters. The molecule has 0 radical (unpaired) electrons. The van der Waals surface area contributed by atoms with Crippen LogP contribution in [-0.2, 0) is 30.4 Å². The summed E-state index contributed by atoms with van der Waals surface area (Å²) < 4.78 is 0.771. The lowest BCUT2D eigenvalue weighted by Crippen LogP contribution is -2.59. The molecule has 0 aromatic heterocycles. The number of nitrogens with two attached hydrogens (primary N) is 2. The van der Waals surface area contributed by atoms with Gasteiger partial charge in [0.15, 0.2) is 5.96 Å². The molecule has 15 nitrogen and oxygen atoms in total. The van der Waals surface area contributed by atoms with E-state index in [2.05, 4.69) is 42.1 Å². The normalized spacial score (nSPS) is 17.2. The van der Waals surface area contributed by atoms with Gasteiger partial charge in [0.25, 0.3) is 0 Å². The van der Waals surface area contributed by atoms with Gasteiger partial charge in [0.05, 0.1) is 27.7 Å². The van der Waals surface area contributed by atoms with Crippen LogP contribution in [0.3, 0.4) is 0 Å². The second-order valence-corrected chi connectivity index (χ2v) is 15.3. The zero-order valence-corrected chi connectivity index (χ0v) is 30.7. The van der Waals surface area contributed by atoms with Crippen LogP contribution in [0.5, 0.6) is 5.75 Å². The summed E-state index contributed by atoms with van der Waals surface area (Å²) in [6.07, 6.45) is 2.99. The number of carboxylic acid groups (broad SMARTS) is 1. The van der Waals surface area contributed by atoms with E-state index in [0.29, 0.717) is 31.2 Å². The second-order valence-electron chi connectivity index (χ2n) is 15.3. The van der Waals surface area contributed by atoms with Crippen molar-refractivity contribution >= 4 is 35.6 Å². The topological polar surface area (TPSA) is 230 Å². The fraction of sp³-hybridized carbons (Fsp3) is 0.657. The van der Waals surface area contributed by atoms with Crippen molar-refractivity contribution in [1.82, 2.24) is 20.9 Å². The number of likely N-dealkylation sites (tertiary alicyclic amines) is 1. The number of amides is 4. The molecule has 0 saturated carbocycles. The fourth-order valence-electron chi connectivity index (χ4n) is 5.82. The molecular formula is C35H59N8O7+. The Kier molecular flexibility index (Phi) is 15.5. The Morgan fingerprint density at radius 2 is 1.60 bits per heavy atom. The van der Waals surface area contributed by atoms with E-state index in [0.717, 1.165) is 17.4 Å². The van der Waals surface area contributed by atoms with Gasteiger partial charge in [0.2, 0.25) is 23.6 Å². The van der Waals surface area contributed by atoms with Gasteiger partial charge < -0.3 is 47.0 Å². The lowest BCUT2D eigenvalue weighted by Gasteiger charge is -2.32. The third-order valence-corrected chi connectivity index (χ3v) is 8.72. The molecule has 1 aliphatic rings. The predicted molar refractivity (Wildman–Crippen MR) is 191 cm³/mol. The monoisotopic (exact) mass is 703 g/mol. The molecule has 50 heavy (non-hydrogen) atoms. The highest BCUT2D eigenvalue weighted by molar-refractivity contribution is 5.95. The molecule has 0 bridgehead atoms. The number of phenols is 1. The summed E-state index contributed by atoms with van der Waals surface area (Å²) in [5, 5.41) is 27.8. The molecular weight excluding hydrogens is 644 g/mol. The van der Waals surface area contributed by atoms with Gasteiger partial charge in [-0.1, -0.05) is 39.8 Å². The minimum absolute atomic E-state index is 0.00442. The summed E-state index contributed by atoms with van der Waals surface area (Å²) in [6.45, 7) is 8.29. The van der Waals surface area contributed by atoms with Crippen LogP contribution in [0.1, 0.15) is 71.8 Å². The second kappa shape index (κ2) is 18.6. The van der Waals surface area contributed by atoms with Crippen LogP contribution in [0, 0.1) is 11.3 Å². The molecule has 9 N–H and O–H groups in total. The van der Waals surface area contributed by atoms with Gasteiger partial charge in [0, 0.05) is 25.4 Å². The standard InChI is InChI=1S/C35H58N8O7/c1-22(11-10-20-43(5,6)7)29(45)39-25(12-8-18-38-34(36)37)32(48)42-19-9-13-27(42)31(47)40-26(21-23-14-16-24(44)17-15-23)30(46)41-28(33(49)50)35(2,3)4/h14-17,22,25-28H,8-13,18-21H2,1-7H3,(H8-,36,37,38,39,40,41,44,45,46,47,49,50)/p+1/t22-,25-,26-,27-,28+/m0/s1. The number of aromatic hydroxyl groups is 1. The number of nitrogens with zero attached hydrogens (tertiary/aromatic N) is 3. The highest BCUT2D eigenvalue weighted by atomic mass is 16.4. The Morgan fingerprint density at radius 3 is 2.16 bits per heavy atom. The minimum atomic E-state index is -1.24. The van der Waals surface area contributed by atoms with Gasteiger partial charge in [-0.05, 0) is 61.6 Å². The quantitative estimate of drug-likeness (QED) is 0.0493. The molecule has 1 aromatic rings. The molecule has 2 rings (SSSR count). The Balaban J connectivity index is 2.28. The van der Waals surface area contributed by atoms with Crippen LogP contribution in [0.4, 0.5) is 0 Å². The first-order chi connectivity index (χ1) is 23.2. The van der Waals surface area contributed by atoms with Gasteiger partial charge in [-0.3, -0.25) is 24.2 Å². The highest BCUT2D eigenvalue weighted by Crippen LogP contribution is 2.22. The lowest BCUT2D eigenvalue weighted by molar-refractivity contribution is -0.870. The number of carbonyl (C=O) groups excluding carboxylic acids is 4. The van der Waals surface area contributed by atoms with Crippen molar-refractivity contribution < 1.29 is 38.7 Å². The number of phenolic OH excluding ortho intramolecular Hbond substituents is 1. The average Bonchev–Trinajstić information content (AvgIpc) is 3.50. The third-order valence-electron chi connectivity index (χ3n) is 8.72. The van der Waals surface area contributed by atoms with E-state index < -0.39 is 53.3 Å². The molecule has 1 fully saturated rings. The number of carbonyl (C=O) groups is 5. The highest BCUT2D eigenvalue weighted by Gasteiger charge is 2.40. The van der Waals surface area contributed by atoms with Crippen molar-refractivity contribution in [1.29, 1.82) is 0 Å². The van der Waals surface area contributed by atoms with Crippen molar-refractivity contribution in [3.8, 4) is 5.75 Å².